The number of nitrogens with one attached hydrogen (secondary N) is 1. The van der Waals surface area contributed by atoms with Crippen LogP contribution in [0.5, 0.6) is 0 Å². The second kappa shape index (κ2) is 11.3. The second-order valence-corrected chi connectivity index (χ2v) is 9.88. The van der Waals surface area contributed by atoms with E-state index < -0.39 is 53.7 Å². The van der Waals surface area contributed by atoms with Crippen molar-refractivity contribution >= 4 is 11.8 Å². The van der Waals surface area contributed by atoms with Crippen LogP contribution in [0.1, 0.15) is 51.0 Å². The molecule has 2 heterocycles. The first kappa shape index (κ1) is 28.8. The third kappa shape index (κ3) is 5.99. The topological polar surface area (TPSA) is 103 Å². The summed E-state index contributed by atoms with van der Waals surface area (Å²) in [4.78, 5) is 29.4. The maximum absolute atomic E-state index is 14.2. The van der Waals surface area contributed by atoms with Gasteiger partial charge in [-0.05, 0) is 67.1 Å². The molecular formula is C29H23F6N5O2. The summed E-state index contributed by atoms with van der Waals surface area (Å²) >= 11 is 0. The number of aromatic nitrogens is 3. The average Bonchev–Trinajstić information content (AvgIpc) is 3.51. The largest absolute Gasteiger partial charge is 0.435 e. The van der Waals surface area contributed by atoms with E-state index in [0.29, 0.717) is 35.7 Å². The number of nitrogens with zero attached hydrogens (tertiary/aromatic N) is 3. The molecule has 1 aliphatic rings. The quantitative estimate of drug-likeness (QED) is 0.281. The van der Waals surface area contributed by atoms with Crippen molar-refractivity contribution in [2.24, 2.45) is 5.73 Å². The van der Waals surface area contributed by atoms with E-state index in [1.54, 1.807) is 12.1 Å². The lowest BCUT2D eigenvalue weighted by molar-refractivity contribution is -0.142. The number of rotatable bonds is 8. The number of carbonyl (C=O) groups is 2. The SMILES string of the molecule is NC(=O)c1cc(-c2cccnc2C(Cc2cc(F)cc(F)c2)NC(=O)Cn2nc(C(F)(F)F)c3c2CCC3)ccc1F. The summed E-state index contributed by atoms with van der Waals surface area (Å²) in [6.45, 7) is -0.545. The summed E-state index contributed by atoms with van der Waals surface area (Å²) in [6, 6.07) is 8.54. The summed E-state index contributed by atoms with van der Waals surface area (Å²) in [7, 11) is 0. The number of pyridine rings is 1. The summed E-state index contributed by atoms with van der Waals surface area (Å²) in [5.74, 6) is -4.29. The van der Waals surface area contributed by atoms with Gasteiger partial charge in [0.2, 0.25) is 5.91 Å². The zero-order valence-corrected chi connectivity index (χ0v) is 21.8. The molecule has 1 atom stereocenters. The van der Waals surface area contributed by atoms with Crippen LogP contribution in [0.2, 0.25) is 0 Å². The van der Waals surface area contributed by atoms with Crippen molar-refractivity contribution in [2.45, 2.75) is 44.4 Å². The summed E-state index contributed by atoms with van der Waals surface area (Å²) < 4.78 is 83.9. The van der Waals surface area contributed by atoms with Gasteiger partial charge in [-0.15, -0.1) is 0 Å². The second-order valence-electron chi connectivity index (χ2n) is 9.88. The van der Waals surface area contributed by atoms with Gasteiger partial charge >= 0.3 is 6.18 Å². The molecule has 13 heteroatoms. The summed E-state index contributed by atoms with van der Waals surface area (Å²) in [5, 5.41) is 6.38. The van der Waals surface area contributed by atoms with Gasteiger partial charge in [-0.25, -0.2) is 13.2 Å². The molecule has 0 aliphatic heterocycles. The lowest BCUT2D eigenvalue weighted by Gasteiger charge is -2.22. The monoisotopic (exact) mass is 587 g/mol. The lowest BCUT2D eigenvalue weighted by Crippen LogP contribution is -2.34. The van der Waals surface area contributed by atoms with E-state index in [0.717, 1.165) is 22.9 Å². The highest BCUT2D eigenvalue weighted by Crippen LogP contribution is 2.36. The Labute approximate surface area is 235 Å². The van der Waals surface area contributed by atoms with Crippen LogP contribution in [0.25, 0.3) is 11.1 Å². The van der Waals surface area contributed by atoms with Crippen LogP contribution in [0.4, 0.5) is 26.3 Å². The number of amides is 2. The summed E-state index contributed by atoms with van der Waals surface area (Å²) in [6.07, 6.45) is -2.43. The number of fused-ring (bicyclic) bond motifs is 1. The van der Waals surface area contributed by atoms with Crippen LogP contribution in [0.3, 0.4) is 0 Å². The normalized spacial score (nSPS) is 13.6. The van der Waals surface area contributed by atoms with Crippen molar-refractivity contribution in [2.75, 3.05) is 0 Å². The molecule has 3 N–H and O–H groups in total. The fourth-order valence-electron chi connectivity index (χ4n) is 5.25. The minimum Gasteiger partial charge on any atom is -0.366 e. The molecule has 1 unspecified atom stereocenters. The molecule has 0 saturated heterocycles. The predicted molar refractivity (Wildman–Crippen MR) is 138 cm³/mol. The van der Waals surface area contributed by atoms with Crippen molar-refractivity contribution in [1.82, 2.24) is 20.1 Å². The first-order chi connectivity index (χ1) is 19.9. The van der Waals surface area contributed by atoms with Crippen LogP contribution in [-0.4, -0.2) is 26.6 Å². The van der Waals surface area contributed by atoms with Gasteiger partial charge in [-0.3, -0.25) is 19.3 Å². The Morgan fingerprint density at radius 2 is 1.76 bits per heavy atom. The van der Waals surface area contributed by atoms with Crippen LogP contribution in [0, 0.1) is 17.5 Å². The van der Waals surface area contributed by atoms with Gasteiger partial charge in [0.15, 0.2) is 5.69 Å². The third-order valence-electron chi connectivity index (χ3n) is 6.98. The number of primary amides is 1. The molecule has 2 amide bonds. The Bertz CT molecular complexity index is 1660. The number of hydrogen-bond donors (Lipinski definition) is 2. The van der Waals surface area contributed by atoms with Gasteiger partial charge in [0.05, 0.1) is 17.3 Å². The van der Waals surface area contributed by atoms with Gasteiger partial charge in [0.25, 0.3) is 5.91 Å². The molecule has 4 aromatic rings. The Morgan fingerprint density at radius 3 is 2.45 bits per heavy atom. The number of hydrogen-bond acceptors (Lipinski definition) is 4. The van der Waals surface area contributed by atoms with Crippen LogP contribution < -0.4 is 11.1 Å². The highest BCUT2D eigenvalue weighted by molar-refractivity contribution is 5.94. The Balaban J connectivity index is 1.52. The van der Waals surface area contributed by atoms with Gasteiger partial charge in [-0.1, -0.05) is 12.1 Å². The fraction of sp³-hybridized carbons (Fsp3) is 0.241. The average molecular weight is 588 g/mol. The molecule has 0 fully saturated rings. The molecule has 218 valence electrons. The maximum atomic E-state index is 14.2. The lowest BCUT2D eigenvalue weighted by atomic mass is 9.94. The highest BCUT2D eigenvalue weighted by atomic mass is 19.4. The maximum Gasteiger partial charge on any atom is 0.435 e. The van der Waals surface area contributed by atoms with E-state index in [4.69, 9.17) is 5.73 Å². The molecule has 0 bridgehead atoms. The van der Waals surface area contributed by atoms with Gasteiger partial charge in [-0.2, -0.15) is 18.3 Å². The fourth-order valence-corrected chi connectivity index (χ4v) is 5.25. The molecule has 1 aliphatic carbocycles. The molecule has 2 aromatic heterocycles. The van der Waals surface area contributed by atoms with Crippen molar-refractivity contribution < 1.29 is 35.9 Å². The number of nitrogens with two attached hydrogens (primary N) is 1. The molecule has 0 spiro atoms. The minimum absolute atomic E-state index is 0.0654. The number of alkyl halides is 3. The number of halogens is 6. The van der Waals surface area contributed by atoms with Crippen molar-refractivity contribution in [1.29, 1.82) is 0 Å². The van der Waals surface area contributed by atoms with Gasteiger partial charge < -0.3 is 11.1 Å². The van der Waals surface area contributed by atoms with Crippen LogP contribution in [0.15, 0.2) is 54.7 Å². The Morgan fingerprint density at radius 1 is 1.02 bits per heavy atom. The zero-order valence-electron chi connectivity index (χ0n) is 21.8. The van der Waals surface area contributed by atoms with Crippen molar-refractivity contribution in [3.05, 3.63) is 106 Å². The van der Waals surface area contributed by atoms with E-state index >= 15 is 0 Å². The van der Waals surface area contributed by atoms with E-state index in [1.807, 2.05) is 0 Å². The molecule has 0 saturated carbocycles. The minimum atomic E-state index is -4.68. The van der Waals surface area contributed by atoms with Gasteiger partial charge in [0.1, 0.15) is 24.0 Å². The van der Waals surface area contributed by atoms with E-state index in [9.17, 15) is 35.9 Å². The predicted octanol–water partition coefficient (Wildman–Crippen LogP) is 5.07. The smallest absolute Gasteiger partial charge is 0.366 e. The molecule has 7 nitrogen and oxygen atoms in total. The molecule has 5 rings (SSSR count). The molecule has 2 aromatic carbocycles. The zero-order chi connectivity index (χ0) is 30.2. The summed E-state index contributed by atoms with van der Waals surface area (Å²) in [5.41, 5.74) is 5.29. The molecular weight excluding hydrogens is 564 g/mol. The number of carbonyl (C=O) groups excluding carboxylic acids is 2. The Kier molecular flexibility index (Phi) is 7.76. The first-order valence-electron chi connectivity index (χ1n) is 12.9. The van der Waals surface area contributed by atoms with Crippen LogP contribution in [-0.2, 0) is 36.8 Å². The third-order valence-corrected chi connectivity index (χ3v) is 6.98. The number of benzene rings is 2. The van der Waals surface area contributed by atoms with Gasteiger partial charge in [0, 0.05) is 29.1 Å². The van der Waals surface area contributed by atoms with E-state index in [2.05, 4.69) is 15.4 Å². The van der Waals surface area contributed by atoms with E-state index in [-0.39, 0.29) is 35.2 Å². The molecule has 42 heavy (non-hydrogen) atoms. The highest BCUT2D eigenvalue weighted by Gasteiger charge is 2.40. The van der Waals surface area contributed by atoms with Crippen LogP contribution >= 0.6 is 0 Å². The molecule has 0 radical (unpaired) electrons. The van der Waals surface area contributed by atoms with Crippen molar-refractivity contribution in [3.8, 4) is 11.1 Å². The Hall–Kier alpha value is -4.68. The first-order valence-corrected chi connectivity index (χ1v) is 12.9. The van der Waals surface area contributed by atoms with E-state index in [1.165, 1.54) is 18.3 Å². The van der Waals surface area contributed by atoms with Crippen molar-refractivity contribution in [3.63, 3.8) is 0 Å². The standard InChI is InChI=1S/C29H23F6N5O2/c30-17-9-15(10-18(31)13-17)11-23(26-19(4-2-8-37-26)16-6-7-22(32)21(12-16)28(36)42)38-25(41)14-40-24-5-1-3-20(24)27(39-40)29(33,34)35/h2,4,6-10,12-13,23H,1,3,5,11,14H2,(H2,36,42)(H,38,41).